The van der Waals surface area contributed by atoms with E-state index in [9.17, 15) is 43.7 Å². The van der Waals surface area contributed by atoms with Crippen LogP contribution >= 0.6 is 7.60 Å². The lowest BCUT2D eigenvalue weighted by molar-refractivity contribution is -0.138. The normalized spacial score (nSPS) is 19.5. The second kappa shape index (κ2) is 11.2. The molecule has 2 aromatic carbocycles. The van der Waals surface area contributed by atoms with Gasteiger partial charge in [-0.1, -0.05) is 24.3 Å². The van der Waals surface area contributed by atoms with Crippen molar-refractivity contribution in [2.24, 2.45) is 0 Å². The van der Waals surface area contributed by atoms with Gasteiger partial charge in [0.1, 0.15) is 17.8 Å². The number of benzene rings is 2. The summed E-state index contributed by atoms with van der Waals surface area (Å²) in [5, 5.41) is 24.9. The van der Waals surface area contributed by atoms with E-state index in [2.05, 4.69) is 10.6 Å². The number of para-hydroxylation sites is 1. The van der Waals surface area contributed by atoms with E-state index in [1.165, 1.54) is 36.1 Å². The lowest BCUT2D eigenvalue weighted by atomic mass is 9.72. The van der Waals surface area contributed by atoms with Crippen molar-refractivity contribution in [2.45, 2.75) is 44.2 Å². The molecule has 0 aliphatic carbocycles. The largest absolute Gasteiger partial charge is 0.547 e. The summed E-state index contributed by atoms with van der Waals surface area (Å²) in [6.07, 6.45) is 1.03. The summed E-state index contributed by atoms with van der Waals surface area (Å²) in [5.74, 6) is -3.89. The number of nitrogens with zero attached hydrogens (tertiary/aromatic N) is 1. The number of rotatable bonds is 7. The van der Waals surface area contributed by atoms with E-state index in [1.807, 2.05) is 0 Å². The molecular weight excluding hydrogens is 532 g/mol. The van der Waals surface area contributed by atoms with E-state index >= 15 is 0 Å². The van der Waals surface area contributed by atoms with Gasteiger partial charge in [0.25, 0.3) is 0 Å². The molecule has 13 nitrogen and oxygen atoms in total. The Morgan fingerprint density at radius 2 is 1.82 bits per heavy atom. The Kier molecular flexibility index (Phi) is 8.12. The molecule has 0 saturated carbocycles. The molecule has 4 rings (SSSR count). The van der Waals surface area contributed by atoms with Gasteiger partial charge in [-0.05, 0) is 48.6 Å². The number of fused-ring (bicyclic) bond motifs is 1. The number of carboxylic acids is 1. The first kappa shape index (κ1) is 28.3. The number of carbonyl (C=O) groups is 4. The molecule has 0 spiro atoms. The Labute approximate surface area is 223 Å². The molecule has 3 amide bonds. The molecule has 6 N–H and O–H groups in total. The molecule has 1 fully saturated rings. The van der Waals surface area contributed by atoms with Crippen molar-refractivity contribution in [1.82, 2.24) is 15.5 Å². The molecule has 1 saturated heterocycles. The third-order valence-corrected chi connectivity index (χ3v) is 7.72. The number of likely N-dealkylation sites (tertiary alicyclic amines) is 1. The first-order valence-corrected chi connectivity index (χ1v) is 13.7. The highest BCUT2D eigenvalue weighted by Gasteiger charge is 2.40. The van der Waals surface area contributed by atoms with Crippen LogP contribution < -0.4 is 20.6 Å². The predicted molar refractivity (Wildman–Crippen MR) is 137 cm³/mol. The number of aromatic carboxylic acids is 1. The van der Waals surface area contributed by atoms with Crippen molar-refractivity contribution >= 4 is 43.7 Å². The van der Waals surface area contributed by atoms with E-state index in [0.29, 0.717) is 24.9 Å². The van der Waals surface area contributed by atoms with Crippen molar-refractivity contribution in [3.63, 3.8) is 0 Å². The summed E-state index contributed by atoms with van der Waals surface area (Å²) < 4.78 is 17.0. The third kappa shape index (κ3) is 6.14. The van der Waals surface area contributed by atoms with Gasteiger partial charge in [-0.3, -0.25) is 18.9 Å². The second-order valence-corrected chi connectivity index (χ2v) is 11.0. The predicted octanol–water partition coefficient (Wildman–Crippen LogP) is -0.504. The molecule has 0 radical (unpaired) electrons. The van der Waals surface area contributed by atoms with Gasteiger partial charge in [-0.2, -0.15) is 0 Å². The molecule has 2 heterocycles. The fraction of sp³-hybridized carbons (Fsp3) is 0.333. The minimum Gasteiger partial charge on any atom is -0.534 e. The van der Waals surface area contributed by atoms with Gasteiger partial charge in [0.2, 0.25) is 17.7 Å². The maximum atomic E-state index is 13.5. The highest BCUT2D eigenvalue weighted by molar-refractivity contribution is 7.60. The molecule has 0 aromatic heterocycles. The van der Waals surface area contributed by atoms with Crippen LogP contribution in [0.25, 0.3) is 0 Å². The van der Waals surface area contributed by atoms with Crippen LogP contribution in [0.1, 0.15) is 47.3 Å². The Morgan fingerprint density at radius 1 is 1.13 bits per heavy atom. The number of hydrogen-bond acceptors (Lipinski definition) is 7. The van der Waals surface area contributed by atoms with Crippen LogP contribution in [-0.4, -0.2) is 74.2 Å². The number of amides is 3. The van der Waals surface area contributed by atoms with Gasteiger partial charge >= 0.3 is 20.7 Å². The van der Waals surface area contributed by atoms with Gasteiger partial charge in [-0.15, -0.1) is 0 Å². The molecule has 2 aromatic rings. The number of nitrogens with one attached hydrogen (secondary N) is 2. The van der Waals surface area contributed by atoms with Crippen molar-refractivity contribution < 1.29 is 48.3 Å². The highest BCUT2D eigenvalue weighted by Crippen LogP contribution is 2.34. The molecule has 2 aliphatic rings. The zero-order valence-corrected chi connectivity index (χ0v) is 21.7. The summed E-state index contributed by atoms with van der Waals surface area (Å²) in [7, 11) is -6.16. The summed E-state index contributed by atoms with van der Waals surface area (Å²) in [6, 6.07) is 7.16. The van der Waals surface area contributed by atoms with E-state index in [0.717, 1.165) is 12.1 Å². The second-order valence-electron chi connectivity index (χ2n) is 9.37. The van der Waals surface area contributed by atoms with Crippen molar-refractivity contribution in [2.75, 3.05) is 6.54 Å². The lowest BCUT2D eigenvalue weighted by Gasteiger charge is -2.31. The Bertz CT molecular complexity index is 1350. The lowest BCUT2D eigenvalue weighted by Crippen LogP contribution is -2.56. The van der Waals surface area contributed by atoms with E-state index < -0.39 is 50.5 Å². The Hall–Kier alpha value is -3.71. The topological polar surface area (TPSA) is 203 Å². The number of hydrogen-bond donors (Lipinski definition) is 6. The zero-order valence-electron chi connectivity index (χ0n) is 20.8. The summed E-state index contributed by atoms with van der Waals surface area (Å²) in [6.45, 7) is 1.74. The SMILES string of the molecule is CC(=O)N1CCC[C@@H]1C(=O)NC(C(=O)N[C@H]1Cc2cccc(C(=O)O)c2OB1O)c1ccc(P(=O)(O)O)cc1. The van der Waals surface area contributed by atoms with Crippen LogP contribution in [-0.2, 0) is 25.4 Å². The Morgan fingerprint density at radius 3 is 2.44 bits per heavy atom. The van der Waals surface area contributed by atoms with Gasteiger partial charge in [0.15, 0.2) is 0 Å². The van der Waals surface area contributed by atoms with Crippen molar-refractivity contribution in [1.29, 1.82) is 0 Å². The maximum absolute atomic E-state index is 13.5. The average molecular weight is 559 g/mol. The van der Waals surface area contributed by atoms with E-state index in [4.69, 9.17) is 4.65 Å². The van der Waals surface area contributed by atoms with E-state index in [1.54, 1.807) is 6.07 Å². The van der Waals surface area contributed by atoms with Crippen LogP contribution in [0.15, 0.2) is 42.5 Å². The van der Waals surface area contributed by atoms with Gasteiger partial charge < -0.3 is 40.1 Å². The minimum absolute atomic E-state index is 0.00793. The molecular formula is C24H27BN3O10P. The first-order valence-electron chi connectivity index (χ1n) is 12.1. The van der Waals surface area contributed by atoms with Gasteiger partial charge in [0.05, 0.1) is 16.8 Å². The standard InChI is InChI=1S/C24H27BN3O10P/c1-13(29)28-11-3-6-18(28)22(30)27-20(14-7-9-16(10-8-14)39(35,36)37)23(31)26-19-12-15-4-2-5-17(24(32)33)21(15)38-25(19)34/h2,4-5,7-10,18-20,34H,3,6,11-12H2,1H3,(H,26,31)(H,27,30)(H,32,33)(H2,35,36,37)/t18-,19+,20?/m1/s1. The number of carbonyl (C=O) groups excluding carboxylic acids is 3. The minimum atomic E-state index is -4.56. The van der Waals surface area contributed by atoms with Crippen molar-refractivity contribution in [3.8, 4) is 5.75 Å². The van der Waals surface area contributed by atoms with Crippen LogP contribution in [0.2, 0.25) is 0 Å². The van der Waals surface area contributed by atoms with Crippen LogP contribution in [0.4, 0.5) is 0 Å². The highest BCUT2D eigenvalue weighted by atomic mass is 31.2. The summed E-state index contributed by atoms with van der Waals surface area (Å²) >= 11 is 0. The molecule has 0 bridgehead atoms. The monoisotopic (exact) mass is 559 g/mol. The fourth-order valence-corrected chi connectivity index (χ4v) is 5.34. The van der Waals surface area contributed by atoms with Crippen molar-refractivity contribution in [3.05, 3.63) is 59.2 Å². The molecule has 3 atom stereocenters. The molecule has 206 valence electrons. The molecule has 1 unspecified atom stereocenters. The third-order valence-electron chi connectivity index (χ3n) is 6.75. The van der Waals surface area contributed by atoms with Crippen LogP contribution in [0.5, 0.6) is 5.75 Å². The van der Waals surface area contributed by atoms with E-state index in [-0.39, 0.29) is 34.5 Å². The van der Waals surface area contributed by atoms with Crippen LogP contribution in [0, 0.1) is 0 Å². The Balaban J connectivity index is 1.59. The molecule has 15 heteroatoms. The smallest absolute Gasteiger partial charge is 0.534 e. The van der Waals surface area contributed by atoms with Gasteiger partial charge in [-0.25, -0.2) is 4.79 Å². The number of carboxylic acid groups (broad SMARTS) is 1. The maximum Gasteiger partial charge on any atom is 0.547 e. The zero-order chi connectivity index (χ0) is 28.5. The molecule has 39 heavy (non-hydrogen) atoms. The first-order chi connectivity index (χ1) is 18.4. The summed E-state index contributed by atoms with van der Waals surface area (Å²) in [4.78, 5) is 70.3. The van der Waals surface area contributed by atoms with Gasteiger partial charge in [0, 0.05) is 13.5 Å². The quantitative estimate of drug-likeness (QED) is 0.190. The average Bonchev–Trinajstić information content (AvgIpc) is 3.37. The fourth-order valence-electron chi connectivity index (χ4n) is 4.80. The van der Waals surface area contributed by atoms with Crippen LogP contribution in [0.3, 0.4) is 0 Å². The molecule has 2 aliphatic heterocycles. The summed E-state index contributed by atoms with van der Waals surface area (Å²) in [5.41, 5.74) is 0.503.